The van der Waals surface area contributed by atoms with Gasteiger partial charge in [0.15, 0.2) is 34.9 Å². The molecule has 0 radical (unpaired) electrons. The van der Waals surface area contributed by atoms with Crippen LogP contribution in [0.4, 0.5) is 17.6 Å². The SMILES string of the molecule is C.C.Cc1c(F)cccc1-c1ncccn1.Cc1cc(F)ccc1-c1ncccn1.Cc1ccc(-c2ncccn2)c(C)c1.Cc1ccc(-c2ncccn2)c(C)c1F.Cc1ccc(-c2ncccn2)c(C)c1F.Cc1ccc(C)c(-c2ncccn2)c1. The zero-order valence-electron chi connectivity index (χ0n) is 49.5. The van der Waals surface area contributed by atoms with Crippen LogP contribution < -0.4 is 0 Å². The van der Waals surface area contributed by atoms with Crippen LogP contribution >= 0.6 is 0 Å². The third-order valence-electron chi connectivity index (χ3n) is 13.2. The molecule has 16 heteroatoms. The van der Waals surface area contributed by atoms with Crippen LogP contribution in [0.5, 0.6) is 0 Å². The Morgan fingerprint density at radius 3 is 0.909 bits per heavy atom. The molecule has 0 saturated heterocycles. The van der Waals surface area contributed by atoms with Crippen molar-refractivity contribution in [3.8, 4) is 68.3 Å². The minimum Gasteiger partial charge on any atom is -0.237 e. The Hall–Kier alpha value is -10.5. The Bertz CT molecular complexity index is 3880. The molecular formula is C72H72F4N12. The summed E-state index contributed by atoms with van der Waals surface area (Å²) >= 11 is 0. The lowest BCUT2D eigenvalue weighted by atomic mass is 10.0. The van der Waals surface area contributed by atoms with Crippen molar-refractivity contribution in [1.29, 1.82) is 0 Å². The second-order valence-corrected chi connectivity index (χ2v) is 19.7. The van der Waals surface area contributed by atoms with Gasteiger partial charge in [-0.15, -0.1) is 0 Å². The number of hydrogen-bond donors (Lipinski definition) is 0. The minimum absolute atomic E-state index is 0. The van der Waals surface area contributed by atoms with Gasteiger partial charge in [0.1, 0.15) is 23.3 Å². The van der Waals surface area contributed by atoms with Gasteiger partial charge < -0.3 is 0 Å². The molecule has 0 atom stereocenters. The Morgan fingerprint density at radius 2 is 0.534 bits per heavy atom. The molecule has 0 N–H and O–H groups in total. The molecule has 0 unspecified atom stereocenters. The predicted octanol–water partition coefficient (Wildman–Crippen LogP) is 17.8. The van der Waals surface area contributed by atoms with Crippen LogP contribution in [0.3, 0.4) is 0 Å². The maximum atomic E-state index is 13.6. The number of hydrogen-bond acceptors (Lipinski definition) is 12. The van der Waals surface area contributed by atoms with Crippen molar-refractivity contribution < 1.29 is 17.6 Å². The highest BCUT2D eigenvalue weighted by atomic mass is 19.1. The fourth-order valence-electron chi connectivity index (χ4n) is 8.52. The first-order valence-electron chi connectivity index (χ1n) is 27.3. The van der Waals surface area contributed by atoms with Crippen molar-refractivity contribution in [1.82, 2.24) is 59.8 Å². The van der Waals surface area contributed by atoms with E-state index in [1.807, 2.05) is 37.3 Å². The molecule has 0 bridgehead atoms. The zero-order chi connectivity index (χ0) is 61.5. The van der Waals surface area contributed by atoms with Crippen LogP contribution in [0.1, 0.15) is 70.5 Å². The van der Waals surface area contributed by atoms with E-state index in [1.54, 1.807) is 158 Å². The van der Waals surface area contributed by atoms with Gasteiger partial charge in [-0.05, 0) is 180 Å². The van der Waals surface area contributed by atoms with Gasteiger partial charge in [0.05, 0.1) is 0 Å². The van der Waals surface area contributed by atoms with E-state index in [9.17, 15) is 17.6 Å². The molecule has 88 heavy (non-hydrogen) atoms. The second-order valence-electron chi connectivity index (χ2n) is 19.7. The number of halogens is 4. The number of nitrogens with zero attached hydrogens (tertiary/aromatic N) is 12. The Labute approximate surface area is 514 Å². The highest BCUT2D eigenvalue weighted by Gasteiger charge is 2.13. The van der Waals surface area contributed by atoms with Crippen molar-refractivity contribution in [2.24, 2.45) is 0 Å². The number of aryl methyl sites for hydroxylation is 7. The molecule has 12 nitrogen and oxygen atoms in total. The van der Waals surface area contributed by atoms with E-state index >= 15 is 0 Å². The first kappa shape index (κ1) is 68.3. The van der Waals surface area contributed by atoms with Gasteiger partial charge in [0, 0.05) is 108 Å². The summed E-state index contributed by atoms with van der Waals surface area (Å²) in [5.41, 5.74) is 14.2. The van der Waals surface area contributed by atoms with E-state index < -0.39 is 0 Å². The summed E-state index contributed by atoms with van der Waals surface area (Å²) in [4.78, 5) is 49.7. The summed E-state index contributed by atoms with van der Waals surface area (Å²) in [6, 6.07) is 39.9. The second kappa shape index (κ2) is 33.9. The van der Waals surface area contributed by atoms with E-state index in [0.717, 1.165) is 50.6 Å². The molecule has 12 aromatic rings. The third kappa shape index (κ3) is 19.0. The third-order valence-corrected chi connectivity index (χ3v) is 13.2. The van der Waals surface area contributed by atoms with Crippen LogP contribution in [-0.4, -0.2) is 59.8 Å². The van der Waals surface area contributed by atoms with Gasteiger partial charge in [-0.3, -0.25) is 0 Å². The van der Waals surface area contributed by atoms with Crippen molar-refractivity contribution in [3.63, 3.8) is 0 Å². The molecule has 0 fully saturated rings. The average Bonchev–Trinajstić information content (AvgIpc) is 3.24. The van der Waals surface area contributed by atoms with Crippen LogP contribution in [-0.2, 0) is 0 Å². The smallest absolute Gasteiger partial charge is 0.159 e. The fraction of sp³-hybridized carbons (Fsp3) is 0.167. The van der Waals surface area contributed by atoms with Crippen molar-refractivity contribution in [2.45, 2.75) is 84.1 Å². The molecule has 448 valence electrons. The maximum Gasteiger partial charge on any atom is 0.159 e. The summed E-state index contributed by atoms with van der Waals surface area (Å²) < 4.78 is 53.3. The molecule has 0 aliphatic carbocycles. The predicted molar refractivity (Wildman–Crippen MR) is 345 cm³/mol. The Kier molecular flexibility index (Phi) is 26.3. The van der Waals surface area contributed by atoms with Crippen molar-refractivity contribution >= 4 is 0 Å². The van der Waals surface area contributed by atoms with E-state index in [1.165, 1.54) is 40.5 Å². The van der Waals surface area contributed by atoms with E-state index in [4.69, 9.17) is 0 Å². The lowest BCUT2D eigenvalue weighted by Gasteiger charge is -2.06. The first-order chi connectivity index (χ1) is 41.5. The highest BCUT2D eigenvalue weighted by molar-refractivity contribution is 5.64. The quantitative estimate of drug-likeness (QED) is 0.146. The molecule has 0 saturated carbocycles. The Morgan fingerprint density at radius 1 is 0.239 bits per heavy atom. The molecular weight excluding hydrogens is 1110 g/mol. The largest absolute Gasteiger partial charge is 0.237 e. The molecule has 6 heterocycles. The molecule has 12 rings (SSSR count). The maximum absolute atomic E-state index is 13.6. The van der Waals surface area contributed by atoms with E-state index in [0.29, 0.717) is 51.1 Å². The summed E-state index contributed by atoms with van der Waals surface area (Å²) in [5, 5.41) is 0. The van der Waals surface area contributed by atoms with Gasteiger partial charge >= 0.3 is 0 Å². The van der Waals surface area contributed by atoms with Crippen molar-refractivity contribution in [2.75, 3.05) is 0 Å². The Balaban J connectivity index is 0.000000192. The van der Waals surface area contributed by atoms with Gasteiger partial charge in [0.25, 0.3) is 0 Å². The molecule has 0 amide bonds. The number of aromatic nitrogens is 12. The van der Waals surface area contributed by atoms with Crippen molar-refractivity contribution in [3.05, 3.63) is 287 Å². The molecule has 6 aromatic carbocycles. The summed E-state index contributed by atoms with van der Waals surface area (Å²) in [6.07, 6.45) is 20.3. The summed E-state index contributed by atoms with van der Waals surface area (Å²) in [6.45, 7) is 18.9. The normalized spacial score (nSPS) is 9.98. The average molecular weight is 1180 g/mol. The minimum atomic E-state index is -0.234. The topological polar surface area (TPSA) is 155 Å². The number of benzene rings is 6. The van der Waals surface area contributed by atoms with Gasteiger partial charge in [-0.25, -0.2) is 77.4 Å². The van der Waals surface area contributed by atoms with Gasteiger partial charge in [-0.2, -0.15) is 0 Å². The standard InChI is InChI=1S/2C12H11FN2.2C12H12N2.2C11H9FN2.2CH4/c2*1-8-4-5-10(9(2)11(8)13)12-14-6-3-7-15-12;1-9-4-5-11(10(2)8-9)12-13-6-3-7-14-12;1-9-4-5-10(2)11(8-9)12-13-6-3-7-14-12;1-8-7-9(12)3-4-10(8)11-13-5-2-6-14-11;1-8-9(4-2-5-10(8)12)11-13-6-3-7-14-11;;/h2*3-7H,1-2H3;2*3-8H,1-2H3;2*2-7H,1H3;2*1H4. The van der Waals surface area contributed by atoms with Crippen LogP contribution in [0.2, 0.25) is 0 Å². The first-order valence-corrected chi connectivity index (χ1v) is 27.3. The highest BCUT2D eigenvalue weighted by Crippen LogP contribution is 2.27. The monoisotopic (exact) mass is 1180 g/mol. The molecule has 0 aliphatic rings. The van der Waals surface area contributed by atoms with Crippen LogP contribution in [0, 0.1) is 92.5 Å². The number of rotatable bonds is 6. The van der Waals surface area contributed by atoms with Crippen LogP contribution in [0.25, 0.3) is 68.3 Å². The van der Waals surface area contributed by atoms with Gasteiger partial charge in [0.2, 0.25) is 0 Å². The van der Waals surface area contributed by atoms with E-state index in [-0.39, 0.29) is 38.1 Å². The fourth-order valence-corrected chi connectivity index (χ4v) is 8.52. The summed E-state index contributed by atoms with van der Waals surface area (Å²) in [7, 11) is 0. The van der Waals surface area contributed by atoms with Crippen LogP contribution in [0.15, 0.2) is 208 Å². The molecule has 6 aromatic heterocycles. The molecule has 0 aliphatic heterocycles. The molecule has 0 spiro atoms. The van der Waals surface area contributed by atoms with E-state index in [2.05, 4.69) is 124 Å². The lowest BCUT2D eigenvalue weighted by molar-refractivity contribution is 0.609. The lowest BCUT2D eigenvalue weighted by Crippen LogP contribution is -1.94. The zero-order valence-corrected chi connectivity index (χ0v) is 49.5. The summed E-state index contributed by atoms with van der Waals surface area (Å²) in [5.74, 6) is 3.09. The van der Waals surface area contributed by atoms with Gasteiger partial charge in [-0.1, -0.05) is 92.7 Å².